The number of nitrogens with one attached hydrogen (secondary N) is 1. The van der Waals surface area contributed by atoms with Crippen LogP contribution in [0.4, 0.5) is 5.69 Å². The summed E-state index contributed by atoms with van der Waals surface area (Å²) in [4.78, 5) is 15.2. The predicted octanol–water partition coefficient (Wildman–Crippen LogP) is 5.45. The molecule has 31 heavy (non-hydrogen) atoms. The van der Waals surface area contributed by atoms with E-state index >= 15 is 0 Å². The van der Waals surface area contributed by atoms with Gasteiger partial charge in [-0.15, -0.1) is 0 Å². The molecule has 166 valence electrons. The highest BCUT2D eigenvalue weighted by Gasteiger charge is 2.20. The zero-order chi connectivity index (χ0) is 21.8. The van der Waals surface area contributed by atoms with Crippen LogP contribution >= 0.6 is 0 Å². The highest BCUT2D eigenvalue weighted by Crippen LogP contribution is 2.27. The van der Waals surface area contributed by atoms with E-state index in [-0.39, 0.29) is 11.9 Å². The molecule has 0 aromatic heterocycles. The van der Waals surface area contributed by atoms with E-state index in [0.717, 1.165) is 43.2 Å². The molecule has 4 heteroatoms. The number of carbonyl (C=O) groups is 1. The van der Waals surface area contributed by atoms with Crippen molar-refractivity contribution < 1.29 is 9.53 Å². The minimum atomic E-state index is -0.529. The van der Waals surface area contributed by atoms with E-state index in [1.165, 1.54) is 42.5 Å². The van der Waals surface area contributed by atoms with Crippen LogP contribution in [0.5, 0.6) is 5.75 Å². The molecule has 2 aliphatic rings. The molecule has 0 saturated carbocycles. The normalized spacial score (nSPS) is 20.5. The number of ether oxygens (including phenoxy) is 1. The van der Waals surface area contributed by atoms with Crippen molar-refractivity contribution in [3.8, 4) is 5.75 Å². The van der Waals surface area contributed by atoms with E-state index < -0.39 is 6.10 Å². The van der Waals surface area contributed by atoms with Crippen LogP contribution in [0.2, 0.25) is 0 Å². The molecule has 1 saturated heterocycles. The highest BCUT2D eigenvalue weighted by molar-refractivity contribution is 5.81. The number of fused-ring (bicyclic) bond motifs is 1. The predicted molar refractivity (Wildman–Crippen MR) is 127 cm³/mol. The summed E-state index contributed by atoms with van der Waals surface area (Å²) in [6.45, 7) is 8.44. The van der Waals surface area contributed by atoms with E-state index in [2.05, 4.69) is 53.5 Å². The lowest BCUT2D eigenvalue weighted by molar-refractivity contribution is -0.127. The van der Waals surface area contributed by atoms with Gasteiger partial charge in [0.05, 0.1) is 6.04 Å². The number of amides is 1. The highest BCUT2D eigenvalue weighted by atomic mass is 16.5. The van der Waals surface area contributed by atoms with E-state index in [0.29, 0.717) is 0 Å². The Morgan fingerprint density at radius 3 is 2.52 bits per heavy atom. The minimum Gasteiger partial charge on any atom is -0.481 e. The van der Waals surface area contributed by atoms with Crippen LogP contribution in [0.25, 0.3) is 0 Å². The molecule has 1 amide bonds. The summed E-state index contributed by atoms with van der Waals surface area (Å²) in [7, 11) is 0. The van der Waals surface area contributed by atoms with E-state index in [1.807, 2.05) is 19.9 Å². The van der Waals surface area contributed by atoms with Gasteiger partial charge in [-0.1, -0.05) is 25.1 Å². The fourth-order valence-corrected chi connectivity index (χ4v) is 4.85. The first-order valence-electron chi connectivity index (χ1n) is 11.9. The molecule has 1 N–H and O–H groups in total. The average molecular weight is 421 g/mol. The second kappa shape index (κ2) is 9.76. The number of benzene rings is 2. The third-order valence-corrected chi connectivity index (χ3v) is 6.78. The number of aryl methyl sites for hydroxylation is 2. The molecule has 0 radical (unpaired) electrons. The Morgan fingerprint density at radius 1 is 1.03 bits per heavy atom. The molecule has 1 heterocycles. The fourth-order valence-electron chi connectivity index (χ4n) is 4.85. The molecule has 4 nitrogen and oxygen atoms in total. The van der Waals surface area contributed by atoms with Crippen LogP contribution in [-0.4, -0.2) is 25.1 Å². The van der Waals surface area contributed by atoms with Gasteiger partial charge in [0, 0.05) is 18.8 Å². The molecule has 2 aromatic rings. The Kier molecular flexibility index (Phi) is 6.84. The number of hydrogen-bond acceptors (Lipinski definition) is 3. The van der Waals surface area contributed by atoms with Crippen LogP contribution in [0.3, 0.4) is 0 Å². The van der Waals surface area contributed by atoms with Crippen molar-refractivity contribution in [2.75, 3.05) is 18.0 Å². The molecular weight excluding hydrogens is 384 g/mol. The van der Waals surface area contributed by atoms with Gasteiger partial charge in [0.2, 0.25) is 0 Å². The van der Waals surface area contributed by atoms with Crippen molar-refractivity contribution in [3.05, 3.63) is 59.2 Å². The fraction of sp³-hybridized carbons (Fsp3) is 0.519. The van der Waals surface area contributed by atoms with Crippen molar-refractivity contribution in [1.82, 2.24) is 5.32 Å². The van der Waals surface area contributed by atoms with Gasteiger partial charge in [-0.25, -0.2) is 0 Å². The molecule has 0 bridgehead atoms. The third kappa shape index (κ3) is 5.41. The van der Waals surface area contributed by atoms with Crippen molar-refractivity contribution in [2.45, 2.75) is 71.4 Å². The summed E-state index contributed by atoms with van der Waals surface area (Å²) in [5.41, 5.74) is 5.18. The lowest BCUT2D eigenvalue weighted by Crippen LogP contribution is -2.37. The first kappa shape index (κ1) is 21.7. The lowest BCUT2D eigenvalue weighted by Gasteiger charge is -2.33. The molecular formula is C27H36N2O2. The molecule has 1 aliphatic heterocycles. The second-order valence-corrected chi connectivity index (χ2v) is 9.41. The zero-order valence-electron chi connectivity index (χ0n) is 19.2. The topological polar surface area (TPSA) is 41.6 Å². The second-order valence-electron chi connectivity index (χ2n) is 9.41. The number of carbonyl (C=O) groups excluding carboxylic acids is 1. The van der Waals surface area contributed by atoms with Gasteiger partial charge in [-0.2, -0.15) is 0 Å². The summed E-state index contributed by atoms with van der Waals surface area (Å²) in [5, 5.41) is 3.11. The summed E-state index contributed by atoms with van der Waals surface area (Å²) in [5.74, 6) is 1.46. The standard InChI is InChI=1S/C27H36N2O2/c1-19-7-6-16-29(18-19)25-13-10-22(11-14-25)20(2)28-27(30)21(3)31-26-15-12-23-8-4-5-9-24(23)17-26/h10-15,17,19-21H,4-9,16,18H2,1-3H3,(H,28,30)/t19-,20+,21-/m1/s1. The maximum absolute atomic E-state index is 12.7. The summed E-state index contributed by atoms with van der Waals surface area (Å²) < 4.78 is 5.97. The van der Waals surface area contributed by atoms with Gasteiger partial charge in [-0.3, -0.25) is 4.79 Å². The number of anilines is 1. The van der Waals surface area contributed by atoms with Crippen LogP contribution < -0.4 is 15.0 Å². The number of piperidine rings is 1. The average Bonchev–Trinajstić information content (AvgIpc) is 2.79. The van der Waals surface area contributed by atoms with Gasteiger partial charge >= 0.3 is 0 Å². The van der Waals surface area contributed by atoms with E-state index in [9.17, 15) is 4.79 Å². The Labute approximate surface area is 187 Å². The van der Waals surface area contributed by atoms with Gasteiger partial charge in [-0.05, 0) is 99.2 Å². The summed E-state index contributed by atoms with van der Waals surface area (Å²) in [6, 6.07) is 14.8. The molecule has 1 fully saturated rings. The first-order valence-corrected chi connectivity index (χ1v) is 11.9. The first-order chi connectivity index (χ1) is 15.0. The van der Waals surface area contributed by atoms with E-state index in [4.69, 9.17) is 4.74 Å². The molecule has 0 unspecified atom stereocenters. The third-order valence-electron chi connectivity index (χ3n) is 6.78. The molecule has 4 rings (SSSR count). The van der Waals surface area contributed by atoms with Crippen molar-refractivity contribution in [2.24, 2.45) is 5.92 Å². The Bertz CT molecular complexity index is 893. The van der Waals surface area contributed by atoms with Gasteiger partial charge in [0.1, 0.15) is 5.75 Å². The maximum Gasteiger partial charge on any atom is 0.261 e. The van der Waals surface area contributed by atoms with Crippen LogP contribution in [0.15, 0.2) is 42.5 Å². The lowest BCUT2D eigenvalue weighted by atomic mass is 9.92. The summed E-state index contributed by atoms with van der Waals surface area (Å²) >= 11 is 0. The van der Waals surface area contributed by atoms with Crippen molar-refractivity contribution >= 4 is 11.6 Å². The monoisotopic (exact) mass is 420 g/mol. The number of hydrogen-bond donors (Lipinski definition) is 1. The van der Waals surface area contributed by atoms with Crippen molar-refractivity contribution in [1.29, 1.82) is 0 Å². The minimum absolute atomic E-state index is 0.0589. The van der Waals surface area contributed by atoms with Gasteiger partial charge in [0.15, 0.2) is 6.10 Å². The Balaban J connectivity index is 1.32. The summed E-state index contributed by atoms with van der Waals surface area (Å²) in [6.07, 6.45) is 6.82. The smallest absolute Gasteiger partial charge is 0.261 e. The van der Waals surface area contributed by atoms with E-state index in [1.54, 1.807) is 0 Å². The maximum atomic E-state index is 12.7. The largest absolute Gasteiger partial charge is 0.481 e. The van der Waals surface area contributed by atoms with Gasteiger partial charge in [0.25, 0.3) is 5.91 Å². The van der Waals surface area contributed by atoms with Crippen LogP contribution in [0.1, 0.15) is 69.2 Å². The molecule has 0 spiro atoms. The quantitative estimate of drug-likeness (QED) is 0.676. The molecule has 2 aromatic carbocycles. The van der Waals surface area contributed by atoms with Crippen LogP contribution in [0, 0.1) is 5.92 Å². The number of nitrogens with zero attached hydrogens (tertiary/aromatic N) is 1. The SMILES string of the molecule is C[C@@H]1CCCN(c2ccc([C@H](C)NC(=O)[C@@H](C)Oc3ccc4c(c3)CCCC4)cc2)C1. The number of rotatable bonds is 6. The van der Waals surface area contributed by atoms with Crippen LogP contribution in [-0.2, 0) is 17.6 Å². The molecule has 3 atom stereocenters. The Hall–Kier alpha value is -2.49. The Morgan fingerprint density at radius 2 is 1.77 bits per heavy atom. The zero-order valence-corrected chi connectivity index (χ0v) is 19.2. The van der Waals surface area contributed by atoms with Crippen molar-refractivity contribution in [3.63, 3.8) is 0 Å². The van der Waals surface area contributed by atoms with Gasteiger partial charge < -0.3 is 15.0 Å². The molecule has 1 aliphatic carbocycles.